The number of nitrogens with one attached hydrogen (secondary N) is 2. The number of benzene rings is 1. The highest BCUT2D eigenvalue weighted by Gasteiger charge is 2.23. The van der Waals surface area contributed by atoms with Crippen LogP contribution in [0.5, 0.6) is 5.75 Å². The molecule has 7 heteroatoms. The van der Waals surface area contributed by atoms with Crippen LogP contribution in [0.4, 0.5) is 11.8 Å². The van der Waals surface area contributed by atoms with E-state index in [0.29, 0.717) is 17.6 Å². The number of amides is 1. The molecule has 1 aliphatic carbocycles. The molecule has 1 aromatic carbocycles. The van der Waals surface area contributed by atoms with Gasteiger partial charge in [-0.1, -0.05) is 0 Å². The standard InChI is InChI=1S/C21H29N5O2/c1-14-13-19(26(2)3)25-21(22-14)24-17-9-7-16(8-10-17)23-20(27)15-5-11-18(28-4)12-6-15/h5-6,11-13,16-17H,7-10H2,1-4H3,(H,23,27)(H,22,24,25)/t16-,17+. The van der Waals surface area contributed by atoms with E-state index in [-0.39, 0.29) is 11.9 Å². The number of ether oxygens (including phenoxy) is 1. The molecule has 1 fully saturated rings. The zero-order chi connectivity index (χ0) is 20.1. The number of aromatic nitrogens is 2. The molecule has 2 aromatic rings. The highest BCUT2D eigenvalue weighted by atomic mass is 16.5. The van der Waals surface area contributed by atoms with Crippen LogP contribution in [0.3, 0.4) is 0 Å². The maximum absolute atomic E-state index is 12.4. The van der Waals surface area contributed by atoms with E-state index >= 15 is 0 Å². The van der Waals surface area contributed by atoms with E-state index in [1.165, 1.54) is 0 Å². The molecular formula is C21H29N5O2. The smallest absolute Gasteiger partial charge is 0.251 e. The molecule has 0 saturated heterocycles. The second-order valence-corrected chi connectivity index (χ2v) is 7.48. The van der Waals surface area contributed by atoms with Crippen molar-refractivity contribution in [1.29, 1.82) is 0 Å². The average molecular weight is 383 g/mol. The minimum absolute atomic E-state index is 0.0308. The van der Waals surface area contributed by atoms with E-state index < -0.39 is 0 Å². The summed E-state index contributed by atoms with van der Waals surface area (Å²) in [5, 5.41) is 6.60. The fourth-order valence-corrected chi connectivity index (χ4v) is 3.42. The number of carbonyl (C=O) groups is 1. The normalized spacial score (nSPS) is 19.0. The Hall–Kier alpha value is -2.83. The molecule has 3 rings (SSSR count). The third kappa shape index (κ3) is 5.12. The van der Waals surface area contributed by atoms with Gasteiger partial charge in [0.1, 0.15) is 11.6 Å². The van der Waals surface area contributed by atoms with E-state index in [2.05, 4.69) is 20.6 Å². The van der Waals surface area contributed by atoms with Gasteiger partial charge in [-0.15, -0.1) is 0 Å². The number of hydrogen-bond acceptors (Lipinski definition) is 6. The molecule has 28 heavy (non-hydrogen) atoms. The van der Waals surface area contributed by atoms with Crippen molar-refractivity contribution in [2.24, 2.45) is 0 Å². The largest absolute Gasteiger partial charge is 0.497 e. The van der Waals surface area contributed by atoms with Gasteiger partial charge in [0.2, 0.25) is 5.95 Å². The van der Waals surface area contributed by atoms with Gasteiger partial charge >= 0.3 is 0 Å². The van der Waals surface area contributed by atoms with E-state index in [1.807, 2.05) is 32.0 Å². The Kier molecular flexibility index (Phi) is 6.34. The fraction of sp³-hybridized carbons (Fsp3) is 0.476. The lowest BCUT2D eigenvalue weighted by Crippen LogP contribution is -2.40. The first-order valence-electron chi connectivity index (χ1n) is 9.69. The molecule has 1 amide bonds. The van der Waals surface area contributed by atoms with Crippen LogP contribution in [0.25, 0.3) is 0 Å². The van der Waals surface area contributed by atoms with Gasteiger partial charge in [-0.05, 0) is 56.9 Å². The minimum Gasteiger partial charge on any atom is -0.497 e. The molecule has 7 nitrogen and oxygen atoms in total. The molecule has 1 aliphatic rings. The zero-order valence-corrected chi connectivity index (χ0v) is 17.0. The molecule has 1 aromatic heterocycles. The number of hydrogen-bond donors (Lipinski definition) is 2. The van der Waals surface area contributed by atoms with Crippen molar-refractivity contribution in [2.45, 2.75) is 44.7 Å². The van der Waals surface area contributed by atoms with Crippen molar-refractivity contribution in [3.63, 3.8) is 0 Å². The maximum atomic E-state index is 12.4. The van der Waals surface area contributed by atoms with Gasteiger partial charge in [0.05, 0.1) is 7.11 Å². The molecule has 2 N–H and O–H groups in total. The molecular weight excluding hydrogens is 354 g/mol. The Labute approximate surface area is 166 Å². The minimum atomic E-state index is -0.0308. The van der Waals surface area contributed by atoms with Crippen LogP contribution >= 0.6 is 0 Å². The number of aryl methyl sites for hydroxylation is 1. The summed E-state index contributed by atoms with van der Waals surface area (Å²) in [4.78, 5) is 23.5. The van der Waals surface area contributed by atoms with E-state index in [4.69, 9.17) is 4.74 Å². The van der Waals surface area contributed by atoms with Gasteiger partial charge in [-0.2, -0.15) is 4.98 Å². The Morgan fingerprint density at radius 2 is 1.71 bits per heavy atom. The average Bonchev–Trinajstić information content (AvgIpc) is 2.69. The second kappa shape index (κ2) is 8.91. The third-order valence-corrected chi connectivity index (χ3v) is 5.05. The summed E-state index contributed by atoms with van der Waals surface area (Å²) in [5.74, 6) is 2.29. The van der Waals surface area contributed by atoms with Crippen LogP contribution in [0, 0.1) is 6.92 Å². The monoisotopic (exact) mass is 383 g/mol. The summed E-state index contributed by atoms with van der Waals surface area (Å²) < 4.78 is 5.14. The highest BCUT2D eigenvalue weighted by molar-refractivity contribution is 5.94. The van der Waals surface area contributed by atoms with Crippen molar-refractivity contribution >= 4 is 17.7 Å². The SMILES string of the molecule is COc1ccc(C(=O)N[C@H]2CC[C@@H](Nc3nc(C)cc(N(C)C)n3)CC2)cc1. The summed E-state index contributed by atoms with van der Waals surface area (Å²) in [6.07, 6.45) is 3.82. The Bertz CT molecular complexity index is 799. The third-order valence-electron chi connectivity index (χ3n) is 5.05. The number of rotatable bonds is 6. The van der Waals surface area contributed by atoms with E-state index in [0.717, 1.165) is 42.9 Å². The van der Waals surface area contributed by atoms with Gasteiger partial charge in [-0.3, -0.25) is 4.79 Å². The van der Waals surface area contributed by atoms with Crippen LogP contribution < -0.4 is 20.3 Å². The van der Waals surface area contributed by atoms with Crippen molar-refractivity contribution in [3.8, 4) is 5.75 Å². The highest BCUT2D eigenvalue weighted by Crippen LogP contribution is 2.23. The first kappa shape index (κ1) is 19.9. The predicted octanol–water partition coefficient (Wildman–Crippen LogP) is 3.01. The van der Waals surface area contributed by atoms with Crippen molar-refractivity contribution < 1.29 is 9.53 Å². The molecule has 0 unspecified atom stereocenters. The van der Waals surface area contributed by atoms with Crippen LogP contribution in [0.15, 0.2) is 30.3 Å². The number of carbonyl (C=O) groups excluding carboxylic acids is 1. The molecule has 0 radical (unpaired) electrons. The summed E-state index contributed by atoms with van der Waals surface area (Å²) in [6, 6.07) is 9.68. The van der Waals surface area contributed by atoms with E-state index in [9.17, 15) is 4.79 Å². The second-order valence-electron chi connectivity index (χ2n) is 7.48. The quantitative estimate of drug-likeness (QED) is 0.798. The van der Waals surface area contributed by atoms with Crippen LogP contribution in [0.1, 0.15) is 41.7 Å². The van der Waals surface area contributed by atoms with Gasteiger partial charge < -0.3 is 20.3 Å². The Balaban J connectivity index is 1.51. The zero-order valence-electron chi connectivity index (χ0n) is 17.0. The summed E-state index contributed by atoms with van der Waals surface area (Å²) in [6.45, 7) is 1.98. The topological polar surface area (TPSA) is 79.4 Å². The molecule has 0 bridgehead atoms. The maximum Gasteiger partial charge on any atom is 0.251 e. The molecule has 150 valence electrons. The van der Waals surface area contributed by atoms with E-state index in [1.54, 1.807) is 31.4 Å². The summed E-state index contributed by atoms with van der Waals surface area (Å²) >= 11 is 0. The van der Waals surface area contributed by atoms with Gasteiger partial charge in [0, 0.05) is 43.5 Å². The first-order chi connectivity index (χ1) is 13.4. The van der Waals surface area contributed by atoms with Crippen molar-refractivity contribution in [1.82, 2.24) is 15.3 Å². The lowest BCUT2D eigenvalue weighted by atomic mass is 9.91. The van der Waals surface area contributed by atoms with Gasteiger partial charge in [0.25, 0.3) is 5.91 Å². The summed E-state index contributed by atoms with van der Waals surface area (Å²) in [5.41, 5.74) is 1.60. The van der Waals surface area contributed by atoms with Crippen LogP contribution in [-0.4, -0.2) is 49.2 Å². The van der Waals surface area contributed by atoms with Gasteiger partial charge in [-0.25, -0.2) is 4.98 Å². The molecule has 1 saturated carbocycles. The summed E-state index contributed by atoms with van der Waals surface area (Å²) in [7, 11) is 5.56. The Morgan fingerprint density at radius 3 is 2.32 bits per heavy atom. The molecule has 0 aliphatic heterocycles. The molecule has 1 heterocycles. The lowest BCUT2D eigenvalue weighted by Gasteiger charge is -2.30. The molecule has 0 atom stereocenters. The van der Waals surface area contributed by atoms with Crippen molar-refractivity contribution in [3.05, 3.63) is 41.6 Å². The molecule has 0 spiro atoms. The first-order valence-corrected chi connectivity index (χ1v) is 9.69. The van der Waals surface area contributed by atoms with Gasteiger partial charge in [0.15, 0.2) is 0 Å². The fourth-order valence-electron chi connectivity index (χ4n) is 3.42. The van der Waals surface area contributed by atoms with Crippen LogP contribution in [0.2, 0.25) is 0 Å². The van der Waals surface area contributed by atoms with Crippen molar-refractivity contribution in [2.75, 3.05) is 31.4 Å². The number of anilines is 2. The Morgan fingerprint density at radius 1 is 1.07 bits per heavy atom. The van der Waals surface area contributed by atoms with Crippen LogP contribution in [-0.2, 0) is 0 Å². The lowest BCUT2D eigenvalue weighted by molar-refractivity contribution is 0.0926. The number of methoxy groups -OCH3 is 1. The number of nitrogens with zero attached hydrogens (tertiary/aromatic N) is 3. The predicted molar refractivity (Wildman–Crippen MR) is 111 cm³/mol.